The molecular weight excluding hydrogens is 304 g/mol. The van der Waals surface area contributed by atoms with Gasteiger partial charge in [0.25, 0.3) is 0 Å². The van der Waals surface area contributed by atoms with Crippen LogP contribution in [0.3, 0.4) is 0 Å². The molecule has 4 nitrogen and oxygen atoms in total. The number of likely N-dealkylation sites (tertiary alicyclic amines) is 1. The van der Waals surface area contributed by atoms with Crippen LogP contribution in [-0.2, 0) is 0 Å². The minimum atomic E-state index is 0.519. The summed E-state index contributed by atoms with van der Waals surface area (Å²) in [5.41, 5.74) is 0. The second-order valence-corrected chi connectivity index (χ2v) is 6.80. The monoisotopic (exact) mass is 324 g/mol. The molecular formula is C14H21BrN4. The maximum absolute atomic E-state index is 4.68. The number of nitrogens with zero attached hydrogens (tertiary/aromatic N) is 3. The van der Waals surface area contributed by atoms with Gasteiger partial charge in [-0.2, -0.15) is 0 Å². The van der Waals surface area contributed by atoms with E-state index >= 15 is 0 Å². The van der Waals surface area contributed by atoms with Gasteiger partial charge in [0, 0.05) is 24.6 Å². The molecule has 104 valence electrons. The topological polar surface area (TPSA) is 41.0 Å². The quantitative estimate of drug-likeness (QED) is 0.868. The number of anilines is 1. The van der Waals surface area contributed by atoms with Crippen molar-refractivity contribution in [3.8, 4) is 0 Å². The molecule has 3 rings (SSSR count). The van der Waals surface area contributed by atoms with Crippen LogP contribution in [0.5, 0.6) is 0 Å². The van der Waals surface area contributed by atoms with Gasteiger partial charge in [-0.3, -0.25) is 0 Å². The van der Waals surface area contributed by atoms with Gasteiger partial charge in [-0.15, -0.1) is 0 Å². The predicted octanol–water partition coefficient (Wildman–Crippen LogP) is 2.87. The Bertz CT molecular complexity index is 461. The molecule has 2 atom stereocenters. The summed E-state index contributed by atoms with van der Waals surface area (Å²) in [6.07, 6.45) is 3.65. The Hall–Kier alpha value is -0.680. The van der Waals surface area contributed by atoms with Crippen LogP contribution in [-0.4, -0.2) is 41.0 Å². The van der Waals surface area contributed by atoms with Crippen LogP contribution in [0.25, 0.3) is 0 Å². The third-order valence-corrected chi connectivity index (χ3v) is 4.50. The van der Waals surface area contributed by atoms with Crippen molar-refractivity contribution in [3.05, 3.63) is 16.5 Å². The van der Waals surface area contributed by atoms with E-state index in [2.05, 4.69) is 50.1 Å². The number of piperidine rings is 1. The maximum Gasteiger partial charge on any atom is 0.135 e. The van der Waals surface area contributed by atoms with E-state index in [9.17, 15) is 0 Å². The van der Waals surface area contributed by atoms with Gasteiger partial charge in [0.1, 0.15) is 16.2 Å². The number of hydrogen-bond acceptors (Lipinski definition) is 4. The fraction of sp³-hybridized carbons (Fsp3) is 0.714. The SMILES string of the molecule is CC1CN(C)CCC1Nc1cc(Br)nc(C2CC2)n1. The molecule has 1 aliphatic heterocycles. The van der Waals surface area contributed by atoms with Gasteiger partial charge in [0.05, 0.1) is 0 Å². The molecule has 1 aromatic heterocycles. The van der Waals surface area contributed by atoms with E-state index in [1.165, 1.54) is 19.3 Å². The normalized spacial score (nSPS) is 28.4. The molecule has 0 amide bonds. The zero-order valence-electron chi connectivity index (χ0n) is 11.6. The van der Waals surface area contributed by atoms with Crippen molar-refractivity contribution in [1.82, 2.24) is 14.9 Å². The highest BCUT2D eigenvalue weighted by atomic mass is 79.9. The molecule has 2 unspecified atom stereocenters. The summed E-state index contributed by atoms with van der Waals surface area (Å²) in [4.78, 5) is 11.6. The smallest absolute Gasteiger partial charge is 0.135 e. The second kappa shape index (κ2) is 5.37. The van der Waals surface area contributed by atoms with Crippen LogP contribution >= 0.6 is 15.9 Å². The van der Waals surface area contributed by atoms with Gasteiger partial charge in [0.2, 0.25) is 0 Å². The first-order valence-electron chi connectivity index (χ1n) is 7.11. The van der Waals surface area contributed by atoms with E-state index in [4.69, 9.17) is 0 Å². The second-order valence-electron chi connectivity index (χ2n) is 5.99. The Morgan fingerprint density at radius 1 is 1.32 bits per heavy atom. The number of nitrogens with one attached hydrogen (secondary N) is 1. The minimum Gasteiger partial charge on any atom is -0.367 e. The lowest BCUT2D eigenvalue weighted by molar-refractivity contribution is 0.206. The Labute approximate surface area is 123 Å². The van der Waals surface area contributed by atoms with Gasteiger partial charge >= 0.3 is 0 Å². The van der Waals surface area contributed by atoms with E-state index in [-0.39, 0.29) is 0 Å². The molecule has 0 spiro atoms. The molecule has 0 radical (unpaired) electrons. The van der Waals surface area contributed by atoms with E-state index in [1.54, 1.807) is 0 Å². The predicted molar refractivity (Wildman–Crippen MR) is 80.4 cm³/mol. The van der Waals surface area contributed by atoms with Crippen LogP contribution in [0.2, 0.25) is 0 Å². The van der Waals surface area contributed by atoms with Gasteiger partial charge in [-0.05, 0) is 54.7 Å². The van der Waals surface area contributed by atoms with Gasteiger partial charge in [-0.1, -0.05) is 6.92 Å². The lowest BCUT2D eigenvalue weighted by Crippen LogP contribution is -2.43. The van der Waals surface area contributed by atoms with Crippen molar-refractivity contribution in [1.29, 1.82) is 0 Å². The largest absolute Gasteiger partial charge is 0.367 e. The van der Waals surface area contributed by atoms with Crippen molar-refractivity contribution in [2.45, 2.75) is 38.1 Å². The summed E-state index contributed by atoms with van der Waals surface area (Å²) >= 11 is 3.50. The van der Waals surface area contributed by atoms with E-state index in [0.29, 0.717) is 17.9 Å². The molecule has 5 heteroatoms. The third-order valence-electron chi connectivity index (χ3n) is 4.10. The van der Waals surface area contributed by atoms with Crippen molar-refractivity contribution in [2.24, 2.45) is 5.92 Å². The molecule has 0 aromatic carbocycles. The Morgan fingerprint density at radius 2 is 2.11 bits per heavy atom. The molecule has 19 heavy (non-hydrogen) atoms. The molecule has 2 heterocycles. The van der Waals surface area contributed by atoms with Crippen molar-refractivity contribution in [3.63, 3.8) is 0 Å². The maximum atomic E-state index is 4.68. The summed E-state index contributed by atoms with van der Waals surface area (Å²) < 4.78 is 0.896. The van der Waals surface area contributed by atoms with Gasteiger partial charge < -0.3 is 10.2 Å². The van der Waals surface area contributed by atoms with Gasteiger partial charge in [-0.25, -0.2) is 9.97 Å². The van der Waals surface area contributed by atoms with Crippen LogP contribution in [0.15, 0.2) is 10.7 Å². The number of hydrogen-bond donors (Lipinski definition) is 1. The fourth-order valence-corrected chi connectivity index (χ4v) is 3.19. The summed E-state index contributed by atoms with van der Waals surface area (Å²) in [5.74, 6) is 3.22. The van der Waals surface area contributed by atoms with E-state index in [0.717, 1.165) is 29.3 Å². The number of rotatable bonds is 3. The summed E-state index contributed by atoms with van der Waals surface area (Å²) in [5, 5.41) is 3.61. The molecule has 1 aromatic rings. The molecule has 2 fully saturated rings. The van der Waals surface area contributed by atoms with Crippen LogP contribution < -0.4 is 5.32 Å². The average Bonchev–Trinajstić information content (AvgIpc) is 3.16. The zero-order valence-corrected chi connectivity index (χ0v) is 13.2. The number of aromatic nitrogens is 2. The van der Waals surface area contributed by atoms with Crippen LogP contribution in [0.4, 0.5) is 5.82 Å². The Kier molecular flexibility index (Phi) is 3.76. The average molecular weight is 325 g/mol. The summed E-state index contributed by atoms with van der Waals surface area (Å²) in [7, 11) is 2.19. The molecule has 1 aliphatic carbocycles. The lowest BCUT2D eigenvalue weighted by atomic mass is 9.94. The minimum absolute atomic E-state index is 0.519. The molecule has 1 N–H and O–H groups in total. The first-order chi connectivity index (χ1) is 9.11. The number of halogens is 1. The highest BCUT2D eigenvalue weighted by Crippen LogP contribution is 2.39. The fourth-order valence-electron chi connectivity index (χ4n) is 2.79. The molecule has 1 saturated heterocycles. The van der Waals surface area contributed by atoms with E-state index in [1.807, 2.05) is 6.07 Å². The van der Waals surface area contributed by atoms with Crippen LogP contribution in [0.1, 0.15) is 37.9 Å². The Morgan fingerprint density at radius 3 is 2.79 bits per heavy atom. The van der Waals surface area contributed by atoms with Crippen LogP contribution in [0, 0.1) is 5.92 Å². The highest BCUT2D eigenvalue weighted by molar-refractivity contribution is 9.10. The molecule has 1 saturated carbocycles. The summed E-state index contributed by atoms with van der Waals surface area (Å²) in [6, 6.07) is 2.52. The summed E-state index contributed by atoms with van der Waals surface area (Å²) in [6.45, 7) is 4.62. The van der Waals surface area contributed by atoms with Crippen molar-refractivity contribution >= 4 is 21.7 Å². The van der Waals surface area contributed by atoms with Crippen molar-refractivity contribution < 1.29 is 0 Å². The first-order valence-corrected chi connectivity index (χ1v) is 7.90. The highest BCUT2D eigenvalue weighted by Gasteiger charge is 2.28. The van der Waals surface area contributed by atoms with Crippen molar-refractivity contribution in [2.75, 3.05) is 25.5 Å². The van der Waals surface area contributed by atoms with Gasteiger partial charge in [0.15, 0.2) is 0 Å². The standard InChI is InChI=1S/C14H21BrN4/c1-9-8-19(2)6-5-11(9)16-13-7-12(15)17-14(18-13)10-3-4-10/h7,9-11H,3-6,8H2,1-2H3,(H,16,17,18). The Balaban J connectivity index is 1.72. The van der Waals surface area contributed by atoms with E-state index < -0.39 is 0 Å². The first kappa shape index (κ1) is 13.3. The third kappa shape index (κ3) is 3.26. The molecule has 2 aliphatic rings. The molecule has 0 bridgehead atoms. The zero-order chi connectivity index (χ0) is 13.4. The lowest BCUT2D eigenvalue weighted by Gasteiger charge is -2.35.